The number of nitrogens with one attached hydrogen (secondary N) is 1. The number of hydrogen-bond acceptors (Lipinski definition) is 5. The zero-order valence-corrected chi connectivity index (χ0v) is 17.9. The molecule has 1 aliphatic rings. The molecular weight excluding hydrogens is 380 g/mol. The van der Waals surface area contributed by atoms with Gasteiger partial charge in [0.05, 0.1) is 22.8 Å². The van der Waals surface area contributed by atoms with E-state index in [-0.39, 0.29) is 11.9 Å². The lowest BCUT2D eigenvalue weighted by Crippen LogP contribution is -2.32. The normalized spacial score (nSPS) is 15.6. The number of likely N-dealkylation sites (N-methyl/N-ethyl adjacent to an activating group) is 1. The Morgan fingerprint density at radius 3 is 2.59 bits per heavy atom. The van der Waals surface area contributed by atoms with Gasteiger partial charge < -0.3 is 10.2 Å². The first-order chi connectivity index (χ1) is 14.1. The van der Waals surface area contributed by atoms with Gasteiger partial charge in [-0.15, -0.1) is 11.3 Å². The molecule has 0 spiro atoms. The maximum Gasteiger partial charge on any atom is 0.238 e. The first-order valence-corrected chi connectivity index (χ1v) is 11.1. The molecule has 0 radical (unpaired) electrons. The van der Waals surface area contributed by atoms with Crippen molar-refractivity contribution in [3.05, 3.63) is 53.5 Å². The van der Waals surface area contributed by atoms with Crippen LogP contribution in [0.1, 0.15) is 37.2 Å². The Morgan fingerprint density at radius 1 is 1.14 bits per heavy atom. The quantitative estimate of drug-likeness (QED) is 0.629. The number of fused-ring (bicyclic) bond motifs is 1. The number of rotatable bonds is 6. The average Bonchev–Trinajstić information content (AvgIpc) is 3.18. The fourth-order valence-electron chi connectivity index (χ4n) is 3.73. The summed E-state index contributed by atoms with van der Waals surface area (Å²) in [4.78, 5) is 21.7. The van der Waals surface area contributed by atoms with Crippen LogP contribution in [-0.4, -0.2) is 42.5 Å². The first kappa shape index (κ1) is 19.9. The van der Waals surface area contributed by atoms with E-state index in [1.807, 2.05) is 42.3 Å². The third-order valence-corrected chi connectivity index (χ3v) is 6.80. The molecule has 2 aromatic carbocycles. The van der Waals surface area contributed by atoms with Crippen LogP contribution in [0.5, 0.6) is 0 Å². The van der Waals surface area contributed by atoms with Crippen LogP contribution >= 0.6 is 11.3 Å². The number of carbonyl (C=O) groups excluding carboxylic acids is 1. The lowest BCUT2D eigenvalue weighted by molar-refractivity contribution is -0.117. The predicted octanol–water partition coefficient (Wildman–Crippen LogP) is 4.92. The van der Waals surface area contributed by atoms with Gasteiger partial charge in [0.1, 0.15) is 5.01 Å². The van der Waals surface area contributed by atoms with Gasteiger partial charge in [0.15, 0.2) is 0 Å². The molecule has 1 N–H and O–H groups in total. The highest BCUT2D eigenvalue weighted by Gasteiger charge is 2.19. The molecule has 1 atom stereocenters. The molecule has 0 saturated carbocycles. The number of carbonyl (C=O) groups is 1. The summed E-state index contributed by atoms with van der Waals surface area (Å²) in [5, 5.41) is 4.05. The van der Waals surface area contributed by atoms with Crippen molar-refractivity contribution >= 4 is 38.8 Å². The van der Waals surface area contributed by atoms with E-state index in [4.69, 9.17) is 4.98 Å². The summed E-state index contributed by atoms with van der Waals surface area (Å²) in [5.74, 6) is -0.00816. The number of benzene rings is 2. The van der Waals surface area contributed by atoms with Crippen molar-refractivity contribution in [2.24, 2.45) is 0 Å². The molecule has 6 heteroatoms. The van der Waals surface area contributed by atoms with Crippen LogP contribution in [0.15, 0.2) is 48.5 Å². The Hall–Kier alpha value is -2.44. The lowest BCUT2D eigenvalue weighted by atomic mass is 10.1. The molecule has 2 heterocycles. The molecule has 1 aromatic heterocycles. The molecule has 1 fully saturated rings. The number of para-hydroxylation sites is 1. The zero-order valence-electron chi connectivity index (χ0n) is 17.1. The fourth-order valence-corrected chi connectivity index (χ4v) is 4.81. The number of hydrogen-bond donors (Lipinski definition) is 1. The third kappa shape index (κ3) is 4.77. The number of nitrogens with zero attached hydrogens (tertiary/aromatic N) is 3. The Balaban J connectivity index is 1.33. The van der Waals surface area contributed by atoms with Gasteiger partial charge in [-0.05, 0) is 69.6 Å². The molecule has 1 aliphatic heterocycles. The predicted molar refractivity (Wildman–Crippen MR) is 122 cm³/mol. The van der Waals surface area contributed by atoms with Gasteiger partial charge in [0.25, 0.3) is 0 Å². The van der Waals surface area contributed by atoms with E-state index in [2.05, 4.69) is 35.3 Å². The van der Waals surface area contributed by atoms with Crippen molar-refractivity contribution in [3.8, 4) is 0 Å². The van der Waals surface area contributed by atoms with E-state index < -0.39 is 0 Å². The SMILES string of the molecule is C[C@H](c1nc2ccccc2s1)N(C)CC(=O)Nc1ccc(N2CCCCC2)cc1. The highest BCUT2D eigenvalue weighted by molar-refractivity contribution is 7.18. The lowest BCUT2D eigenvalue weighted by Gasteiger charge is -2.29. The summed E-state index contributed by atoms with van der Waals surface area (Å²) in [6, 6.07) is 16.4. The fraction of sp³-hybridized carbons (Fsp3) is 0.391. The van der Waals surface area contributed by atoms with E-state index >= 15 is 0 Å². The summed E-state index contributed by atoms with van der Waals surface area (Å²) in [7, 11) is 1.97. The van der Waals surface area contributed by atoms with Crippen LogP contribution in [0.4, 0.5) is 11.4 Å². The molecule has 5 nitrogen and oxygen atoms in total. The number of aromatic nitrogens is 1. The molecule has 1 saturated heterocycles. The van der Waals surface area contributed by atoms with Crippen LogP contribution in [0.2, 0.25) is 0 Å². The van der Waals surface area contributed by atoms with Gasteiger partial charge in [0, 0.05) is 24.5 Å². The zero-order chi connectivity index (χ0) is 20.2. The number of piperidine rings is 1. The molecular formula is C23H28N4OS. The standard InChI is InChI=1S/C23H28N4OS/c1-17(23-25-20-8-4-5-9-21(20)29-23)26(2)16-22(28)24-18-10-12-19(13-11-18)27-14-6-3-7-15-27/h4-5,8-13,17H,3,6-7,14-16H2,1-2H3,(H,24,28)/t17-/m1/s1. The van der Waals surface area contributed by atoms with E-state index in [1.165, 1.54) is 29.6 Å². The van der Waals surface area contributed by atoms with Gasteiger partial charge in [-0.3, -0.25) is 9.69 Å². The molecule has 0 unspecified atom stereocenters. The number of amides is 1. The second kappa shape index (κ2) is 8.93. The highest BCUT2D eigenvalue weighted by Crippen LogP contribution is 2.28. The smallest absolute Gasteiger partial charge is 0.238 e. The topological polar surface area (TPSA) is 48.5 Å². The van der Waals surface area contributed by atoms with Crippen molar-refractivity contribution in [1.29, 1.82) is 0 Å². The summed E-state index contributed by atoms with van der Waals surface area (Å²) < 4.78 is 1.18. The molecule has 4 rings (SSSR count). The average molecular weight is 409 g/mol. The van der Waals surface area contributed by atoms with Crippen LogP contribution in [0, 0.1) is 0 Å². The largest absolute Gasteiger partial charge is 0.372 e. The van der Waals surface area contributed by atoms with Crippen LogP contribution in [0.3, 0.4) is 0 Å². The van der Waals surface area contributed by atoms with Crippen molar-refractivity contribution in [3.63, 3.8) is 0 Å². The Labute approximate surface area is 176 Å². The second-order valence-corrected chi connectivity index (χ2v) is 8.82. The van der Waals surface area contributed by atoms with Gasteiger partial charge in [-0.2, -0.15) is 0 Å². The van der Waals surface area contributed by atoms with Gasteiger partial charge in [-0.25, -0.2) is 4.98 Å². The molecule has 0 aliphatic carbocycles. The van der Waals surface area contributed by atoms with E-state index in [0.717, 1.165) is 29.3 Å². The molecule has 152 valence electrons. The van der Waals surface area contributed by atoms with E-state index in [1.54, 1.807) is 11.3 Å². The summed E-state index contributed by atoms with van der Waals surface area (Å²) >= 11 is 1.69. The monoisotopic (exact) mass is 408 g/mol. The van der Waals surface area contributed by atoms with Gasteiger partial charge >= 0.3 is 0 Å². The summed E-state index contributed by atoms with van der Waals surface area (Å²) in [6.07, 6.45) is 3.85. The summed E-state index contributed by atoms with van der Waals surface area (Å²) in [5.41, 5.74) is 3.10. The van der Waals surface area contributed by atoms with Gasteiger partial charge in [-0.1, -0.05) is 12.1 Å². The van der Waals surface area contributed by atoms with Crippen LogP contribution < -0.4 is 10.2 Å². The van der Waals surface area contributed by atoms with Crippen molar-refractivity contribution in [2.75, 3.05) is 36.9 Å². The Morgan fingerprint density at radius 2 is 1.86 bits per heavy atom. The minimum Gasteiger partial charge on any atom is -0.372 e. The molecule has 3 aromatic rings. The first-order valence-electron chi connectivity index (χ1n) is 10.3. The second-order valence-electron chi connectivity index (χ2n) is 7.75. The minimum atomic E-state index is -0.00816. The van der Waals surface area contributed by atoms with Crippen LogP contribution in [-0.2, 0) is 4.79 Å². The van der Waals surface area contributed by atoms with Gasteiger partial charge in [0.2, 0.25) is 5.91 Å². The van der Waals surface area contributed by atoms with Crippen molar-refractivity contribution < 1.29 is 4.79 Å². The Kier molecular flexibility index (Phi) is 6.11. The number of thiazole rings is 1. The van der Waals surface area contributed by atoms with E-state index in [9.17, 15) is 4.79 Å². The molecule has 0 bridgehead atoms. The van der Waals surface area contributed by atoms with Crippen molar-refractivity contribution in [1.82, 2.24) is 9.88 Å². The van der Waals surface area contributed by atoms with E-state index in [0.29, 0.717) is 6.54 Å². The minimum absolute atomic E-state index is 0.00816. The van der Waals surface area contributed by atoms with Crippen molar-refractivity contribution in [2.45, 2.75) is 32.2 Å². The maximum atomic E-state index is 12.5. The number of anilines is 2. The van der Waals surface area contributed by atoms with Crippen LogP contribution in [0.25, 0.3) is 10.2 Å². The Bertz CT molecular complexity index is 929. The molecule has 29 heavy (non-hydrogen) atoms. The summed E-state index contributed by atoms with van der Waals surface area (Å²) in [6.45, 7) is 4.67. The maximum absolute atomic E-state index is 12.5. The molecule has 1 amide bonds. The highest BCUT2D eigenvalue weighted by atomic mass is 32.1. The third-order valence-electron chi connectivity index (χ3n) is 5.59.